The zero-order valence-corrected chi connectivity index (χ0v) is 11.5. The lowest BCUT2D eigenvalue weighted by molar-refractivity contribution is 0.0880. The van der Waals surface area contributed by atoms with Gasteiger partial charge in [-0.15, -0.1) is 0 Å². The number of nitrogens with zero attached hydrogens (tertiary/aromatic N) is 2. The standard InChI is InChI=1S/C15H25N3/c1-3-14(16)15(13-7-9-17-10-8-13)18-11-5-4-6-12(18)2/h7-10,12,14-15H,3-6,11,16H2,1-2H3. The predicted octanol–water partition coefficient (Wildman–Crippen LogP) is 2.73. The van der Waals surface area contributed by atoms with E-state index in [0.29, 0.717) is 12.1 Å². The SMILES string of the molecule is CCC(N)C(c1ccncc1)N1CCCCC1C. The summed E-state index contributed by atoms with van der Waals surface area (Å²) in [6.07, 6.45) is 8.69. The fourth-order valence-corrected chi connectivity index (χ4v) is 3.00. The molecule has 1 aliphatic rings. The first kappa shape index (κ1) is 13.5. The molecule has 0 saturated carbocycles. The lowest BCUT2D eigenvalue weighted by Crippen LogP contribution is -2.47. The molecule has 1 aromatic rings. The van der Waals surface area contributed by atoms with Crippen molar-refractivity contribution in [2.24, 2.45) is 5.73 Å². The first-order valence-corrected chi connectivity index (χ1v) is 7.15. The van der Waals surface area contributed by atoms with Crippen LogP contribution in [0.15, 0.2) is 24.5 Å². The molecule has 3 heteroatoms. The molecule has 18 heavy (non-hydrogen) atoms. The minimum Gasteiger partial charge on any atom is -0.326 e. The maximum Gasteiger partial charge on any atom is 0.0502 e. The summed E-state index contributed by atoms with van der Waals surface area (Å²) < 4.78 is 0. The number of piperidine rings is 1. The number of aromatic nitrogens is 1. The van der Waals surface area contributed by atoms with Crippen molar-refractivity contribution >= 4 is 0 Å². The Kier molecular flexibility index (Phi) is 4.72. The molecular weight excluding hydrogens is 222 g/mol. The van der Waals surface area contributed by atoms with Crippen LogP contribution >= 0.6 is 0 Å². The quantitative estimate of drug-likeness (QED) is 0.889. The molecule has 1 aliphatic heterocycles. The van der Waals surface area contributed by atoms with Crippen molar-refractivity contribution in [3.63, 3.8) is 0 Å². The van der Waals surface area contributed by atoms with Crippen LogP contribution in [0.25, 0.3) is 0 Å². The highest BCUT2D eigenvalue weighted by Crippen LogP contribution is 2.31. The molecule has 2 rings (SSSR count). The zero-order chi connectivity index (χ0) is 13.0. The van der Waals surface area contributed by atoms with Crippen molar-refractivity contribution in [1.29, 1.82) is 0 Å². The minimum atomic E-state index is 0.202. The third-order valence-corrected chi connectivity index (χ3v) is 4.14. The monoisotopic (exact) mass is 247 g/mol. The average Bonchev–Trinajstić information content (AvgIpc) is 2.42. The van der Waals surface area contributed by atoms with Crippen molar-refractivity contribution in [2.45, 2.75) is 57.7 Å². The molecule has 2 N–H and O–H groups in total. The molecule has 1 saturated heterocycles. The van der Waals surface area contributed by atoms with E-state index in [9.17, 15) is 0 Å². The third kappa shape index (κ3) is 2.90. The molecule has 1 aromatic heterocycles. The van der Waals surface area contributed by atoms with E-state index in [0.717, 1.165) is 6.42 Å². The Morgan fingerprint density at radius 2 is 2.11 bits per heavy atom. The van der Waals surface area contributed by atoms with E-state index < -0.39 is 0 Å². The number of hydrogen-bond donors (Lipinski definition) is 1. The molecule has 0 spiro atoms. The number of hydrogen-bond acceptors (Lipinski definition) is 3. The summed E-state index contributed by atoms with van der Waals surface area (Å²) in [5.74, 6) is 0. The summed E-state index contributed by atoms with van der Waals surface area (Å²) in [5.41, 5.74) is 7.69. The molecule has 0 bridgehead atoms. The molecule has 0 aliphatic carbocycles. The number of rotatable bonds is 4. The van der Waals surface area contributed by atoms with Gasteiger partial charge in [0.2, 0.25) is 0 Å². The van der Waals surface area contributed by atoms with E-state index in [-0.39, 0.29) is 6.04 Å². The van der Waals surface area contributed by atoms with Crippen LogP contribution in [0.4, 0.5) is 0 Å². The van der Waals surface area contributed by atoms with Gasteiger partial charge in [-0.3, -0.25) is 9.88 Å². The van der Waals surface area contributed by atoms with Crippen LogP contribution in [0, 0.1) is 0 Å². The van der Waals surface area contributed by atoms with Crippen LogP contribution in [0.1, 0.15) is 51.1 Å². The average molecular weight is 247 g/mol. The van der Waals surface area contributed by atoms with Gasteiger partial charge in [-0.2, -0.15) is 0 Å². The van der Waals surface area contributed by atoms with Crippen molar-refractivity contribution in [3.8, 4) is 0 Å². The predicted molar refractivity (Wildman–Crippen MR) is 75.3 cm³/mol. The molecule has 0 radical (unpaired) electrons. The summed E-state index contributed by atoms with van der Waals surface area (Å²) >= 11 is 0. The van der Waals surface area contributed by atoms with Gasteiger partial charge in [-0.05, 0) is 50.4 Å². The van der Waals surface area contributed by atoms with Gasteiger partial charge < -0.3 is 5.73 Å². The molecule has 3 atom stereocenters. The van der Waals surface area contributed by atoms with Crippen LogP contribution in [0.2, 0.25) is 0 Å². The maximum atomic E-state index is 6.38. The van der Waals surface area contributed by atoms with Gasteiger partial charge in [0.1, 0.15) is 0 Å². The van der Waals surface area contributed by atoms with Crippen LogP contribution < -0.4 is 5.73 Å². The second-order valence-electron chi connectivity index (χ2n) is 5.38. The highest BCUT2D eigenvalue weighted by atomic mass is 15.2. The lowest BCUT2D eigenvalue weighted by Gasteiger charge is -2.42. The number of likely N-dealkylation sites (tertiary alicyclic amines) is 1. The van der Waals surface area contributed by atoms with Crippen LogP contribution in [0.5, 0.6) is 0 Å². The Balaban J connectivity index is 2.24. The Morgan fingerprint density at radius 1 is 1.39 bits per heavy atom. The van der Waals surface area contributed by atoms with Crippen molar-refractivity contribution in [2.75, 3.05) is 6.54 Å². The Labute approximate surface area is 110 Å². The van der Waals surface area contributed by atoms with Gasteiger partial charge in [-0.1, -0.05) is 13.3 Å². The Morgan fingerprint density at radius 3 is 2.72 bits per heavy atom. The molecule has 100 valence electrons. The Bertz CT molecular complexity index is 352. The van der Waals surface area contributed by atoms with Crippen molar-refractivity contribution < 1.29 is 0 Å². The molecule has 3 unspecified atom stereocenters. The van der Waals surface area contributed by atoms with Gasteiger partial charge >= 0.3 is 0 Å². The lowest BCUT2D eigenvalue weighted by atomic mass is 9.92. The van der Waals surface area contributed by atoms with Gasteiger partial charge in [0.15, 0.2) is 0 Å². The summed E-state index contributed by atoms with van der Waals surface area (Å²) in [5, 5.41) is 0. The summed E-state index contributed by atoms with van der Waals surface area (Å²) in [6.45, 7) is 5.67. The smallest absolute Gasteiger partial charge is 0.0502 e. The van der Waals surface area contributed by atoms with Crippen molar-refractivity contribution in [1.82, 2.24) is 9.88 Å². The van der Waals surface area contributed by atoms with Gasteiger partial charge in [0.25, 0.3) is 0 Å². The minimum absolute atomic E-state index is 0.202. The highest BCUT2D eigenvalue weighted by molar-refractivity contribution is 5.18. The first-order valence-electron chi connectivity index (χ1n) is 7.15. The van der Waals surface area contributed by atoms with E-state index in [2.05, 4.69) is 35.9 Å². The van der Waals surface area contributed by atoms with Crippen LogP contribution in [-0.4, -0.2) is 28.5 Å². The van der Waals surface area contributed by atoms with Gasteiger partial charge in [0.05, 0.1) is 6.04 Å². The van der Waals surface area contributed by atoms with E-state index in [4.69, 9.17) is 5.73 Å². The zero-order valence-electron chi connectivity index (χ0n) is 11.5. The van der Waals surface area contributed by atoms with Gasteiger partial charge in [0, 0.05) is 24.5 Å². The van der Waals surface area contributed by atoms with Crippen LogP contribution in [0.3, 0.4) is 0 Å². The molecule has 3 nitrogen and oxygen atoms in total. The van der Waals surface area contributed by atoms with Crippen molar-refractivity contribution in [3.05, 3.63) is 30.1 Å². The van der Waals surface area contributed by atoms with E-state index >= 15 is 0 Å². The summed E-state index contributed by atoms with van der Waals surface area (Å²) in [4.78, 5) is 6.71. The Hall–Kier alpha value is -0.930. The first-order chi connectivity index (χ1) is 8.74. The van der Waals surface area contributed by atoms with Crippen LogP contribution in [-0.2, 0) is 0 Å². The van der Waals surface area contributed by atoms with E-state index in [1.54, 1.807) is 0 Å². The topological polar surface area (TPSA) is 42.1 Å². The van der Waals surface area contributed by atoms with E-state index in [1.165, 1.54) is 31.4 Å². The van der Waals surface area contributed by atoms with Gasteiger partial charge in [-0.25, -0.2) is 0 Å². The fourth-order valence-electron chi connectivity index (χ4n) is 3.00. The van der Waals surface area contributed by atoms with E-state index in [1.807, 2.05) is 12.4 Å². The maximum absolute atomic E-state index is 6.38. The molecule has 0 aromatic carbocycles. The highest BCUT2D eigenvalue weighted by Gasteiger charge is 2.30. The fraction of sp³-hybridized carbons (Fsp3) is 0.667. The normalized spacial score (nSPS) is 24.7. The largest absolute Gasteiger partial charge is 0.326 e. The molecule has 2 heterocycles. The molecule has 1 fully saturated rings. The third-order valence-electron chi connectivity index (χ3n) is 4.14. The summed E-state index contributed by atoms with van der Waals surface area (Å²) in [7, 11) is 0. The molecule has 0 amide bonds. The second-order valence-corrected chi connectivity index (χ2v) is 5.38. The number of nitrogens with two attached hydrogens (primary N) is 1. The second kappa shape index (κ2) is 6.30. The number of pyridine rings is 1. The molecular formula is C15H25N3. The summed E-state index contributed by atoms with van der Waals surface area (Å²) in [6, 6.07) is 5.40.